The molecule has 0 spiro atoms. The molecule has 0 atom stereocenters. The van der Waals surface area contributed by atoms with Crippen LogP contribution in [0.4, 0.5) is 13.6 Å². The lowest BCUT2D eigenvalue weighted by molar-refractivity contribution is -0.0528. The van der Waals surface area contributed by atoms with E-state index in [-0.39, 0.29) is 19.0 Å². The third kappa shape index (κ3) is 6.14. The van der Waals surface area contributed by atoms with Gasteiger partial charge in [0.05, 0.1) is 23.8 Å². The zero-order valence-corrected chi connectivity index (χ0v) is 19.7. The summed E-state index contributed by atoms with van der Waals surface area (Å²) in [6, 6.07) is 10.9. The molecule has 8 nitrogen and oxygen atoms in total. The van der Waals surface area contributed by atoms with E-state index < -0.39 is 18.3 Å². The van der Waals surface area contributed by atoms with E-state index >= 15 is 0 Å². The zero-order chi connectivity index (χ0) is 25.2. The van der Waals surface area contributed by atoms with Crippen LogP contribution in [-0.2, 0) is 4.74 Å². The standard InChI is InChI=1S/C25H25F2N3O5/c1-14-9-17(22-18(10-14)30-21(13-29-22)34-23(26)27)20-12-15-11-16(5-6-19(15)33-20)32-8-7-28-24(31)35-25(2,3)4/h5-6,9-13,23H,7-8H2,1-4H3,(H,28,31). The molecular formula is C25H25F2N3O5. The summed E-state index contributed by atoms with van der Waals surface area (Å²) in [6.07, 6.45) is 0.658. The molecule has 0 saturated carbocycles. The van der Waals surface area contributed by atoms with Gasteiger partial charge in [-0.25, -0.2) is 14.8 Å². The normalized spacial score (nSPS) is 11.7. The van der Waals surface area contributed by atoms with Crippen LogP contribution in [0.3, 0.4) is 0 Å². The Labute approximate surface area is 200 Å². The van der Waals surface area contributed by atoms with Crippen molar-refractivity contribution in [3.63, 3.8) is 0 Å². The van der Waals surface area contributed by atoms with Gasteiger partial charge in [0.2, 0.25) is 5.88 Å². The summed E-state index contributed by atoms with van der Waals surface area (Å²) < 4.78 is 46.4. The second-order valence-electron chi connectivity index (χ2n) is 8.85. The summed E-state index contributed by atoms with van der Waals surface area (Å²) >= 11 is 0. The average Bonchev–Trinajstić information content (AvgIpc) is 3.17. The number of fused-ring (bicyclic) bond motifs is 2. The van der Waals surface area contributed by atoms with Crippen LogP contribution in [0, 0.1) is 6.92 Å². The monoisotopic (exact) mass is 485 g/mol. The van der Waals surface area contributed by atoms with E-state index in [1.807, 2.05) is 25.1 Å². The first-order valence-electron chi connectivity index (χ1n) is 10.9. The second kappa shape index (κ2) is 9.73. The van der Waals surface area contributed by atoms with E-state index in [4.69, 9.17) is 13.9 Å². The Hall–Kier alpha value is -3.95. The molecule has 0 aliphatic heterocycles. The van der Waals surface area contributed by atoms with Crippen molar-refractivity contribution in [2.45, 2.75) is 39.9 Å². The molecule has 0 aliphatic rings. The fourth-order valence-electron chi connectivity index (χ4n) is 3.46. The van der Waals surface area contributed by atoms with Crippen LogP contribution in [-0.4, -0.2) is 41.4 Å². The van der Waals surface area contributed by atoms with Gasteiger partial charge in [-0.2, -0.15) is 8.78 Å². The number of hydrogen-bond donors (Lipinski definition) is 1. The Morgan fingerprint density at radius 3 is 2.71 bits per heavy atom. The summed E-state index contributed by atoms with van der Waals surface area (Å²) in [5.41, 5.74) is 2.53. The van der Waals surface area contributed by atoms with Crippen molar-refractivity contribution in [1.82, 2.24) is 15.3 Å². The number of alkyl halides is 2. The molecule has 35 heavy (non-hydrogen) atoms. The lowest BCUT2D eigenvalue weighted by atomic mass is 10.1. The summed E-state index contributed by atoms with van der Waals surface area (Å²) in [5, 5.41) is 3.44. The molecule has 0 unspecified atom stereocenters. The summed E-state index contributed by atoms with van der Waals surface area (Å²) in [5.74, 6) is 0.907. The third-order valence-electron chi connectivity index (χ3n) is 4.77. The van der Waals surface area contributed by atoms with Gasteiger partial charge >= 0.3 is 12.7 Å². The number of alkyl carbamates (subject to hydrolysis) is 1. The highest BCUT2D eigenvalue weighted by Crippen LogP contribution is 2.34. The molecule has 1 amide bonds. The summed E-state index contributed by atoms with van der Waals surface area (Å²) in [4.78, 5) is 20.1. The van der Waals surface area contributed by atoms with Crippen LogP contribution in [0.5, 0.6) is 11.6 Å². The molecule has 1 N–H and O–H groups in total. The quantitative estimate of drug-likeness (QED) is 0.328. The number of halogens is 2. The van der Waals surface area contributed by atoms with E-state index in [0.717, 1.165) is 17.1 Å². The number of hydrogen-bond acceptors (Lipinski definition) is 7. The number of aromatic nitrogens is 2. The van der Waals surface area contributed by atoms with E-state index in [1.165, 1.54) is 0 Å². The molecule has 4 aromatic rings. The van der Waals surface area contributed by atoms with E-state index in [0.29, 0.717) is 33.7 Å². The first-order valence-corrected chi connectivity index (χ1v) is 10.9. The van der Waals surface area contributed by atoms with Crippen LogP contribution >= 0.6 is 0 Å². The summed E-state index contributed by atoms with van der Waals surface area (Å²) in [7, 11) is 0. The Kier molecular flexibility index (Phi) is 6.72. The highest BCUT2D eigenvalue weighted by atomic mass is 19.3. The van der Waals surface area contributed by atoms with Crippen molar-refractivity contribution in [3.8, 4) is 23.0 Å². The zero-order valence-electron chi connectivity index (χ0n) is 19.7. The minimum absolute atomic E-state index is 0.253. The predicted molar refractivity (Wildman–Crippen MR) is 126 cm³/mol. The maximum Gasteiger partial charge on any atom is 0.407 e. The molecule has 4 rings (SSSR count). The van der Waals surface area contributed by atoms with Gasteiger partial charge in [-0.05, 0) is 69.7 Å². The van der Waals surface area contributed by atoms with Crippen molar-refractivity contribution in [2.75, 3.05) is 13.2 Å². The number of amides is 1. The fourth-order valence-corrected chi connectivity index (χ4v) is 3.46. The number of benzene rings is 2. The van der Waals surface area contributed by atoms with Crippen molar-refractivity contribution in [2.24, 2.45) is 0 Å². The third-order valence-corrected chi connectivity index (χ3v) is 4.77. The highest BCUT2D eigenvalue weighted by Gasteiger charge is 2.16. The Morgan fingerprint density at radius 1 is 1.17 bits per heavy atom. The lowest BCUT2D eigenvalue weighted by Gasteiger charge is -2.19. The SMILES string of the molecule is Cc1cc(-c2cc3cc(OCCNC(=O)OC(C)(C)C)ccc3o2)c2ncc(OC(F)F)nc2c1. The van der Waals surface area contributed by atoms with Crippen LogP contribution in [0.2, 0.25) is 0 Å². The second-order valence-corrected chi connectivity index (χ2v) is 8.85. The highest BCUT2D eigenvalue weighted by molar-refractivity contribution is 5.94. The van der Waals surface area contributed by atoms with Crippen LogP contribution in [0.1, 0.15) is 26.3 Å². The lowest BCUT2D eigenvalue weighted by Crippen LogP contribution is -2.34. The molecular weight excluding hydrogens is 460 g/mol. The number of nitrogens with zero attached hydrogens (tertiary/aromatic N) is 2. The maximum absolute atomic E-state index is 12.5. The number of furan rings is 1. The maximum atomic E-state index is 12.5. The minimum Gasteiger partial charge on any atom is -0.492 e. The van der Waals surface area contributed by atoms with Gasteiger partial charge in [-0.1, -0.05) is 0 Å². The van der Waals surface area contributed by atoms with Gasteiger partial charge in [-0.15, -0.1) is 0 Å². The molecule has 10 heteroatoms. The Balaban J connectivity index is 1.51. The Morgan fingerprint density at radius 2 is 1.97 bits per heavy atom. The molecule has 2 heterocycles. The topological polar surface area (TPSA) is 95.7 Å². The van der Waals surface area contributed by atoms with Gasteiger partial charge in [0.25, 0.3) is 0 Å². The van der Waals surface area contributed by atoms with Crippen LogP contribution < -0.4 is 14.8 Å². The smallest absolute Gasteiger partial charge is 0.407 e. The van der Waals surface area contributed by atoms with Crippen molar-refractivity contribution < 1.29 is 32.2 Å². The number of nitrogens with one attached hydrogen (secondary N) is 1. The summed E-state index contributed by atoms with van der Waals surface area (Å²) in [6.45, 7) is 4.82. The number of carbonyl (C=O) groups excluding carboxylic acids is 1. The molecule has 0 fully saturated rings. The fraction of sp³-hybridized carbons (Fsp3) is 0.320. The van der Waals surface area contributed by atoms with Gasteiger partial charge in [0.15, 0.2) is 0 Å². The molecule has 0 bridgehead atoms. The number of carbonyl (C=O) groups is 1. The van der Waals surface area contributed by atoms with Gasteiger partial charge in [0, 0.05) is 10.9 Å². The molecule has 2 aromatic carbocycles. The van der Waals surface area contributed by atoms with Crippen LogP contribution in [0.25, 0.3) is 33.3 Å². The van der Waals surface area contributed by atoms with Gasteiger partial charge in [0.1, 0.15) is 29.3 Å². The molecule has 0 aliphatic carbocycles. The molecule has 0 saturated heterocycles. The van der Waals surface area contributed by atoms with Gasteiger partial charge in [-0.3, -0.25) is 0 Å². The molecule has 0 radical (unpaired) electrons. The minimum atomic E-state index is -2.98. The Bertz CT molecular complexity index is 1360. The van der Waals surface area contributed by atoms with Crippen molar-refractivity contribution in [3.05, 3.63) is 48.2 Å². The first kappa shape index (κ1) is 24.2. The van der Waals surface area contributed by atoms with E-state index in [9.17, 15) is 13.6 Å². The molecule has 184 valence electrons. The first-order chi connectivity index (χ1) is 16.6. The molecule has 2 aromatic heterocycles. The number of ether oxygens (including phenoxy) is 3. The van der Waals surface area contributed by atoms with Crippen LogP contribution in [0.15, 0.2) is 47.0 Å². The van der Waals surface area contributed by atoms with E-state index in [2.05, 4.69) is 20.0 Å². The van der Waals surface area contributed by atoms with E-state index in [1.54, 1.807) is 39.0 Å². The number of rotatable bonds is 7. The predicted octanol–water partition coefficient (Wildman–Crippen LogP) is 5.86. The largest absolute Gasteiger partial charge is 0.492 e. The van der Waals surface area contributed by atoms with Crippen molar-refractivity contribution >= 4 is 28.1 Å². The number of aryl methyl sites for hydroxylation is 1. The average molecular weight is 485 g/mol. The van der Waals surface area contributed by atoms with Gasteiger partial charge < -0.3 is 23.9 Å². The van der Waals surface area contributed by atoms with Crippen molar-refractivity contribution in [1.29, 1.82) is 0 Å².